The van der Waals surface area contributed by atoms with Gasteiger partial charge in [0.1, 0.15) is 5.78 Å². The molecular weight excluding hydrogens is 369 g/mol. The number of benzene rings is 1. The van der Waals surface area contributed by atoms with Gasteiger partial charge in [-0.15, -0.1) is 0 Å². The van der Waals surface area contributed by atoms with Crippen molar-refractivity contribution in [1.29, 1.82) is 0 Å². The van der Waals surface area contributed by atoms with E-state index in [2.05, 4.69) is 6.92 Å². The zero-order chi connectivity index (χ0) is 20.3. The van der Waals surface area contributed by atoms with Crippen molar-refractivity contribution in [1.82, 2.24) is 0 Å². The van der Waals surface area contributed by atoms with Crippen LogP contribution < -0.4 is 0 Å². The Labute approximate surface area is 198 Å². The fourth-order valence-electron chi connectivity index (χ4n) is 3.69. The van der Waals surface area contributed by atoms with Crippen molar-refractivity contribution in [3.63, 3.8) is 0 Å². The van der Waals surface area contributed by atoms with Crippen LogP contribution in [0.2, 0.25) is 0 Å². The van der Waals surface area contributed by atoms with Gasteiger partial charge in [-0.25, -0.2) is 0 Å². The van der Waals surface area contributed by atoms with Crippen molar-refractivity contribution in [3.8, 4) is 0 Å². The van der Waals surface area contributed by atoms with Crippen LogP contribution in [0, 0.1) is 0 Å². The van der Waals surface area contributed by atoms with E-state index in [1.165, 1.54) is 83.5 Å². The topological polar surface area (TPSA) is 34.1 Å². The van der Waals surface area contributed by atoms with Crippen molar-refractivity contribution in [2.24, 2.45) is 0 Å². The minimum absolute atomic E-state index is 0. The van der Waals surface area contributed by atoms with E-state index in [1.54, 1.807) is 12.1 Å². The average Bonchev–Trinajstić information content (AvgIpc) is 2.71. The Morgan fingerprint density at radius 3 is 1.52 bits per heavy atom. The molecule has 0 aliphatic carbocycles. The molecule has 1 aromatic carbocycles. The number of ketones is 2. The minimum atomic E-state index is -0.0495. The Kier molecular flexibility index (Phi) is 20.1. The fraction of sp³-hybridized carbons (Fsp3) is 0.692. The van der Waals surface area contributed by atoms with E-state index in [0.29, 0.717) is 12.0 Å². The van der Waals surface area contributed by atoms with E-state index >= 15 is 0 Å². The molecule has 0 aromatic heterocycles. The largest absolute Gasteiger partial charge is 2.00 e. The maximum Gasteiger partial charge on any atom is 2.00 e. The first-order valence-electron chi connectivity index (χ1n) is 11.8. The van der Waals surface area contributed by atoms with Crippen LogP contribution in [-0.2, 0) is 4.79 Å². The van der Waals surface area contributed by atoms with Gasteiger partial charge in [0.15, 0.2) is 5.78 Å². The molecule has 0 saturated carbocycles. The van der Waals surface area contributed by atoms with Crippen LogP contribution in [-0.4, -0.2) is 34.6 Å². The third-order valence-electron chi connectivity index (χ3n) is 5.51. The molecule has 0 aliphatic heterocycles. The summed E-state index contributed by atoms with van der Waals surface area (Å²) in [6.45, 7) is 2.27. The molecule has 0 amide bonds. The van der Waals surface area contributed by atoms with Crippen molar-refractivity contribution >= 4 is 34.6 Å². The fourth-order valence-corrected chi connectivity index (χ4v) is 3.69. The number of carbonyl (C=O) groups excluding carboxylic acids is 2. The molecule has 162 valence electrons. The molecule has 2 nitrogen and oxygen atoms in total. The Morgan fingerprint density at radius 1 is 0.655 bits per heavy atom. The third kappa shape index (κ3) is 16.8. The number of rotatable bonds is 19. The van der Waals surface area contributed by atoms with E-state index < -0.39 is 0 Å². The maximum absolute atomic E-state index is 12.0. The third-order valence-corrected chi connectivity index (χ3v) is 5.51. The van der Waals surface area contributed by atoms with E-state index in [9.17, 15) is 9.59 Å². The van der Waals surface area contributed by atoms with Crippen LogP contribution in [0.1, 0.15) is 129 Å². The minimum Gasteiger partial charge on any atom is -1.00 e. The summed E-state index contributed by atoms with van der Waals surface area (Å²) in [5.41, 5.74) is 0.646. The average molecular weight is 413 g/mol. The smallest absolute Gasteiger partial charge is 1.00 e. The molecule has 3 heteroatoms. The van der Waals surface area contributed by atoms with Crippen LogP contribution in [0.15, 0.2) is 30.3 Å². The number of hydrogen-bond donors (Lipinski definition) is 0. The van der Waals surface area contributed by atoms with Crippen molar-refractivity contribution in [2.75, 3.05) is 0 Å². The summed E-state index contributed by atoms with van der Waals surface area (Å²) in [6.07, 6.45) is 20.5. The van der Waals surface area contributed by atoms with Gasteiger partial charge >= 0.3 is 23.1 Å². The molecule has 29 heavy (non-hydrogen) atoms. The summed E-state index contributed by atoms with van der Waals surface area (Å²) in [5, 5.41) is 0. The number of carbonyl (C=O) groups is 2. The Hall–Kier alpha value is -0.674. The van der Waals surface area contributed by atoms with Gasteiger partial charge in [0.25, 0.3) is 0 Å². The van der Waals surface area contributed by atoms with Gasteiger partial charge in [-0.3, -0.25) is 9.59 Å². The van der Waals surface area contributed by atoms with E-state index in [0.717, 1.165) is 12.8 Å². The normalized spacial score (nSPS) is 10.5. The van der Waals surface area contributed by atoms with E-state index in [4.69, 9.17) is 0 Å². The second-order valence-electron chi connectivity index (χ2n) is 8.20. The van der Waals surface area contributed by atoms with Crippen LogP contribution in [0.3, 0.4) is 0 Å². The zero-order valence-electron chi connectivity index (χ0n) is 20.9. The molecular formula is C26H44MgO2. The molecule has 1 rings (SSSR count). The van der Waals surface area contributed by atoms with Gasteiger partial charge in [0, 0.05) is 12.0 Å². The Bertz CT molecular complexity index is 523. The molecule has 0 saturated heterocycles. The molecule has 0 spiro atoms. The first-order chi connectivity index (χ1) is 13.7. The molecule has 0 fully saturated rings. The molecule has 0 N–H and O–H groups in total. The number of unbranched alkanes of at least 4 members (excludes halogenated alkanes) is 14. The van der Waals surface area contributed by atoms with Gasteiger partial charge in [0.05, 0.1) is 6.42 Å². The second-order valence-corrected chi connectivity index (χ2v) is 8.20. The molecule has 1 aromatic rings. The molecule has 0 unspecified atom stereocenters. The SMILES string of the molecule is CCCCCCCCCCCCCCCCCC(=O)CC(=O)c1ccccc1.[H-].[H-].[Mg+2]. The second kappa shape index (κ2) is 20.6. The van der Waals surface area contributed by atoms with Gasteiger partial charge in [-0.05, 0) is 6.42 Å². The summed E-state index contributed by atoms with van der Waals surface area (Å²) in [4.78, 5) is 23.9. The number of hydrogen-bond acceptors (Lipinski definition) is 2. The predicted octanol–water partition coefficient (Wildman–Crippen LogP) is 7.93. The van der Waals surface area contributed by atoms with Gasteiger partial charge in [-0.2, -0.15) is 0 Å². The maximum atomic E-state index is 12.0. The quantitative estimate of drug-likeness (QED) is 0.0999. The molecule has 0 aliphatic rings. The van der Waals surface area contributed by atoms with Crippen molar-refractivity contribution < 1.29 is 12.4 Å². The first-order valence-corrected chi connectivity index (χ1v) is 11.8. The number of Topliss-reactive ketones (excluding diaryl/α,β-unsaturated/α-hetero) is 2. The van der Waals surface area contributed by atoms with E-state index in [-0.39, 0.29) is 43.9 Å². The summed E-state index contributed by atoms with van der Waals surface area (Å²) in [5.74, 6) is 0.0371. The molecule has 0 atom stereocenters. The van der Waals surface area contributed by atoms with Crippen molar-refractivity contribution in [3.05, 3.63) is 35.9 Å². The molecule has 0 heterocycles. The molecule has 0 radical (unpaired) electrons. The summed E-state index contributed by atoms with van der Waals surface area (Å²) < 4.78 is 0. The molecule has 0 bridgehead atoms. The van der Waals surface area contributed by atoms with Gasteiger partial charge in [0.2, 0.25) is 0 Å². The summed E-state index contributed by atoms with van der Waals surface area (Å²) in [7, 11) is 0. The van der Waals surface area contributed by atoms with E-state index in [1.807, 2.05) is 18.2 Å². The summed E-state index contributed by atoms with van der Waals surface area (Å²) >= 11 is 0. The predicted molar refractivity (Wildman–Crippen MR) is 128 cm³/mol. The standard InChI is InChI=1S/C26H42O2.Mg.2H/c1-2-3-4-5-6-7-8-9-10-11-12-13-14-15-19-22-25(27)23-26(28)24-20-17-16-18-21-24;;;/h16-18,20-21H,2-15,19,22-23H2,1H3;;;/q;+2;2*-1. The van der Waals surface area contributed by atoms with Gasteiger partial charge < -0.3 is 2.85 Å². The summed E-state index contributed by atoms with van der Waals surface area (Å²) in [6, 6.07) is 9.12. The van der Waals surface area contributed by atoms with Crippen LogP contribution >= 0.6 is 0 Å². The van der Waals surface area contributed by atoms with Crippen LogP contribution in [0.25, 0.3) is 0 Å². The van der Waals surface area contributed by atoms with Crippen LogP contribution in [0.4, 0.5) is 0 Å². The first kappa shape index (κ1) is 28.3. The van der Waals surface area contributed by atoms with Crippen LogP contribution in [0.5, 0.6) is 0 Å². The Morgan fingerprint density at radius 2 is 1.07 bits per heavy atom. The van der Waals surface area contributed by atoms with Gasteiger partial charge in [-0.1, -0.05) is 127 Å². The zero-order valence-corrected chi connectivity index (χ0v) is 20.3. The monoisotopic (exact) mass is 412 g/mol. The Balaban J connectivity index is -0.00000261. The van der Waals surface area contributed by atoms with Crippen molar-refractivity contribution in [2.45, 2.75) is 116 Å².